The zero-order valence-electron chi connectivity index (χ0n) is 15.2. The average molecular weight is 452 g/mol. The van der Waals surface area contributed by atoms with Crippen molar-refractivity contribution in [1.29, 1.82) is 0 Å². The van der Waals surface area contributed by atoms with Crippen molar-refractivity contribution >= 4 is 35.8 Å². The van der Waals surface area contributed by atoms with Crippen molar-refractivity contribution in [2.75, 3.05) is 33.8 Å². The molecule has 24 heavy (non-hydrogen) atoms. The van der Waals surface area contributed by atoms with E-state index in [0.29, 0.717) is 12.0 Å². The number of rotatable bonds is 5. The molecule has 0 bridgehead atoms. The number of guanidine groups is 1. The van der Waals surface area contributed by atoms with Crippen molar-refractivity contribution in [1.82, 2.24) is 15.5 Å². The van der Waals surface area contributed by atoms with E-state index in [0.717, 1.165) is 32.0 Å². The predicted molar refractivity (Wildman–Crippen MR) is 108 cm³/mol. The topological polar surface area (TPSA) is 66.0 Å². The van der Waals surface area contributed by atoms with Gasteiger partial charge in [0.05, 0.1) is 6.10 Å². The van der Waals surface area contributed by atoms with E-state index in [-0.39, 0.29) is 42.5 Å². The van der Waals surface area contributed by atoms with Crippen LogP contribution < -0.4 is 10.6 Å². The second kappa shape index (κ2) is 11.1. The van der Waals surface area contributed by atoms with Crippen molar-refractivity contribution in [2.24, 2.45) is 10.9 Å². The molecule has 0 aromatic rings. The highest BCUT2D eigenvalue weighted by Gasteiger charge is 2.23. The minimum atomic E-state index is 0. The lowest BCUT2D eigenvalue weighted by Crippen LogP contribution is -2.49. The summed E-state index contributed by atoms with van der Waals surface area (Å²) in [5, 5.41) is 6.90. The van der Waals surface area contributed by atoms with Gasteiger partial charge in [0.1, 0.15) is 6.54 Å². The van der Waals surface area contributed by atoms with E-state index in [9.17, 15) is 4.79 Å². The number of hydrogen-bond donors (Lipinski definition) is 2. The fourth-order valence-corrected chi connectivity index (χ4v) is 3.16. The van der Waals surface area contributed by atoms with Gasteiger partial charge in [0.15, 0.2) is 5.96 Å². The summed E-state index contributed by atoms with van der Waals surface area (Å²) in [5.74, 6) is 1.40. The lowest BCUT2D eigenvalue weighted by Gasteiger charge is -2.31. The van der Waals surface area contributed by atoms with Crippen LogP contribution in [-0.4, -0.2) is 62.7 Å². The molecule has 0 radical (unpaired) electrons. The van der Waals surface area contributed by atoms with E-state index < -0.39 is 0 Å². The summed E-state index contributed by atoms with van der Waals surface area (Å²) in [4.78, 5) is 17.9. The minimum absolute atomic E-state index is 0. The third kappa shape index (κ3) is 7.13. The van der Waals surface area contributed by atoms with Gasteiger partial charge in [0, 0.05) is 33.3 Å². The molecule has 7 heteroatoms. The van der Waals surface area contributed by atoms with Gasteiger partial charge in [0.2, 0.25) is 5.91 Å². The van der Waals surface area contributed by atoms with E-state index >= 15 is 0 Å². The van der Waals surface area contributed by atoms with Crippen LogP contribution in [0.25, 0.3) is 0 Å². The Bertz CT molecular complexity index is 411. The summed E-state index contributed by atoms with van der Waals surface area (Å²) in [6.45, 7) is 4.07. The lowest BCUT2D eigenvalue weighted by atomic mass is 9.86. The normalized spacial score (nSPS) is 27.3. The molecule has 0 aromatic heterocycles. The number of carbonyl (C=O) groups excluding carboxylic acids is 1. The molecule has 2 rings (SSSR count). The highest BCUT2D eigenvalue weighted by Crippen LogP contribution is 2.23. The summed E-state index contributed by atoms with van der Waals surface area (Å²) in [7, 11) is 3.52. The number of halogens is 1. The Morgan fingerprint density at radius 2 is 1.96 bits per heavy atom. The number of nitrogens with one attached hydrogen (secondary N) is 2. The molecule has 1 amide bonds. The molecule has 140 valence electrons. The van der Waals surface area contributed by atoms with E-state index in [4.69, 9.17) is 4.74 Å². The van der Waals surface area contributed by atoms with Crippen LogP contribution in [0.5, 0.6) is 0 Å². The molecule has 2 aliphatic rings. The second-order valence-electron chi connectivity index (χ2n) is 6.98. The second-order valence-corrected chi connectivity index (χ2v) is 6.98. The van der Waals surface area contributed by atoms with Crippen molar-refractivity contribution in [3.05, 3.63) is 0 Å². The molecule has 0 spiro atoms. The predicted octanol–water partition coefficient (Wildman–Crippen LogP) is 1.99. The van der Waals surface area contributed by atoms with Crippen LogP contribution in [0, 0.1) is 5.92 Å². The van der Waals surface area contributed by atoms with Gasteiger partial charge in [-0.15, -0.1) is 24.0 Å². The lowest BCUT2D eigenvalue weighted by molar-refractivity contribution is -0.127. The van der Waals surface area contributed by atoms with Crippen molar-refractivity contribution in [2.45, 2.75) is 57.6 Å². The molecule has 2 fully saturated rings. The van der Waals surface area contributed by atoms with Gasteiger partial charge >= 0.3 is 0 Å². The molecule has 2 N–H and O–H groups in total. The highest BCUT2D eigenvalue weighted by atomic mass is 127. The Hall–Kier alpha value is -0.570. The van der Waals surface area contributed by atoms with Gasteiger partial charge in [-0.3, -0.25) is 4.79 Å². The van der Waals surface area contributed by atoms with E-state index in [1.807, 2.05) is 0 Å². The molecule has 3 atom stereocenters. The maximum Gasteiger partial charge on any atom is 0.243 e. The Kier molecular flexibility index (Phi) is 9.95. The molecule has 1 saturated carbocycles. The Balaban J connectivity index is 0.00000288. The van der Waals surface area contributed by atoms with Crippen LogP contribution in [0.2, 0.25) is 0 Å². The van der Waals surface area contributed by atoms with Crippen molar-refractivity contribution < 1.29 is 9.53 Å². The van der Waals surface area contributed by atoms with E-state index in [2.05, 4.69) is 22.5 Å². The van der Waals surface area contributed by atoms with Crippen LogP contribution in [0.15, 0.2) is 4.99 Å². The fourth-order valence-electron chi connectivity index (χ4n) is 3.16. The molecule has 1 heterocycles. The molecule has 1 aliphatic heterocycles. The van der Waals surface area contributed by atoms with Crippen LogP contribution in [0.1, 0.15) is 45.4 Å². The molecule has 1 saturated heterocycles. The Morgan fingerprint density at radius 3 is 2.58 bits per heavy atom. The molecular formula is C17H33IN4O2. The number of aliphatic imine (C=N–C) groups is 1. The van der Waals surface area contributed by atoms with Crippen LogP contribution >= 0.6 is 24.0 Å². The monoisotopic (exact) mass is 452 g/mol. The highest BCUT2D eigenvalue weighted by molar-refractivity contribution is 14.0. The van der Waals surface area contributed by atoms with Crippen LogP contribution in [0.4, 0.5) is 0 Å². The number of likely N-dealkylation sites (N-methyl/N-ethyl adjacent to an activating group) is 1. The number of amides is 1. The number of ether oxygens (including phenoxy) is 1. The zero-order valence-corrected chi connectivity index (χ0v) is 17.5. The molecule has 0 aromatic carbocycles. The molecule has 1 aliphatic carbocycles. The summed E-state index contributed by atoms with van der Waals surface area (Å²) < 4.78 is 5.66. The molecule has 3 unspecified atom stereocenters. The largest absolute Gasteiger partial charge is 0.376 e. The number of carbonyl (C=O) groups is 1. The quantitative estimate of drug-likeness (QED) is 0.381. The van der Waals surface area contributed by atoms with Gasteiger partial charge in [-0.25, -0.2) is 4.99 Å². The maximum absolute atomic E-state index is 11.8. The third-order valence-electron chi connectivity index (χ3n) is 4.83. The summed E-state index contributed by atoms with van der Waals surface area (Å²) in [6, 6.07) is 0.439. The standard InChI is InChI=1S/C17H32N4O2.HI/c1-13-7-4-5-9-15(13)20-17(19-12-16(22)21(2)3)18-11-14-8-6-10-23-14;/h13-15H,4-12H2,1-3H3,(H2,18,19,20);1H. The smallest absolute Gasteiger partial charge is 0.243 e. The fraction of sp³-hybridized carbons (Fsp3) is 0.882. The average Bonchev–Trinajstić information content (AvgIpc) is 3.04. The van der Waals surface area contributed by atoms with Gasteiger partial charge in [0.25, 0.3) is 0 Å². The van der Waals surface area contributed by atoms with Gasteiger partial charge in [-0.1, -0.05) is 19.8 Å². The van der Waals surface area contributed by atoms with E-state index in [1.165, 1.54) is 25.7 Å². The van der Waals surface area contributed by atoms with Gasteiger partial charge in [-0.05, 0) is 31.6 Å². The van der Waals surface area contributed by atoms with Crippen molar-refractivity contribution in [3.8, 4) is 0 Å². The first-order valence-electron chi connectivity index (χ1n) is 8.93. The molecular weight excluding hydrogens is 419 g/mol. The summed E-state index contributed by atoms with van der Waals surface area (Å²) in [6.07, 6.45) is 7.49. The van der Waals surface area contributed by atoms with Crippen molar-refractivity contribution in [3.63, 3.8) is 0 Å². The van der Waals surface area contributed by atoms with Gasteiger partial charge in [-0.2, -0.15) is 0 Å². The van der Waals surface area contributed by atoms with Crippen LogP contribution in [-0.2, 0) is 9.53 Å². The number of nitrogens with zero attached hydrogens (tertiary/aromatic N) is 2. The Labute approximate surface area is 163 Å². The minimum Gasteiger partial charge on any atom is -0.376 e. The first-order valence-corrected chi connectivity index (χ1v) is 8.93. The van der Waals surface area contributed by atoms with Gasteiger partial charge < -0.3 is 20.3 Å². The maximum atomic E-state index is 11.8. The zero-order chi connectivity index (χ0) is 16.7. The third-order valence-corrected chi connectivity index (χ3v) is 4.83. The molecule has 6 nitrogen and oxygen atoms in total. The first kappa shape index (κ1) is 21.5. The summed E-state index contributed by atoms with van der Waals surface area (Å²) in [5.41, 5.74) is 0. The van der Waals surface area contributed by atoms with Crippen LogP contribution in [0.3, 0.4) is 0 Å². The Morgan fingerprint density at radius 1 is 1.21 bits per heavy atom. The summed E-state index contributed by atoms with van der Waals surface area (Å²) >= 11 is 0. The van der Waals surface area contributed by atoms with E-state index in [1.54, 1.807) is 19.0 Å². The number of hydrogen-bond acceptors (Lipinski definition) is 3. The first-order chi connectivity index (χ1) is 11.1. The SMILES string of the molecule is CC1CCCCC1NC(=NCC(=O)N(C)C)NCC1CCCO1.I.